The van der Waals surface area contributed by atoms with Crippen LogP contribution in [0.2, 0.25) is 0 Å². The maximum atomic E-state index is 12.2. The predicted molar refractivity (Wildman–Crippen MR) is 70.9 cm³/mol. The van der Waals surface area contributed by atoms with Crippen LogP contribution in [0, 0.1) is 6.92 Å². The number of hydrogen-bond donors (Lipinski definition) is 1. The van der Waals surface area contributed by atoms with Crippen LogP contribution in [0.15, 0.2) is 10.7 Å². The molecule has 0 fully saturated rings. The molecule has 1 rings (SSSR count). The molecule has 0 aromatic carbocycles. The second kappa shape index (κ2) is 6.65. The third-order valence-electron chi connectivity index (χ3n) is 2.43. The Kier molecular flexibility index (Phi) is 5.46. The zero-order valence-corrected chi connectivity index (χ0v) is 12.3. The predicted octanol–water partition coefficient (Wildman–Crippen LogP) is 2.89. The van der Waals surface area contributed by atoms with Gasteiger partial charge in [-0.2, -0.15) is 0 Å². The number of urea groups is 1. The Morgan fingerprint density at radius 2 is 2.26 bits per heavy atom. The molecular formula is C11H14BrF2N3O2. The lowest BCUT2D eigenvalue weighted by atomic mass is 10.2. The standard InChI is InChI=1S/C11H14BrF2N3O2/c1-6-7(4-15-10(19-3)9(6)12)16-11(18)17(2)5-8(13)14/h4,8H,5H2,1-3H3,(H,16,18). The van der Waals surface area contributed by atoms with Crippen molar-refractivity contribution < 1.29 is 18.3 Å². The number of methoxy groups -OCH3 is 1. The minimum Gasteiger partial charge on any atom is -0.480 e. The maximum Gasteiger partial charge on any atom is 0.321 e. The van der Waals surface area contributed by atoms with E-state index >= 15 is 0 Å². The van der Waals surface area contributed by atoms with E-state index in [0.717, 1.165) is 4.90 Å². The van der Waals surface area contributed by atoms with E-state index in [-0.39, 0.29) is 0 Å². The number of aromatic nitrogens is 1. The van der Waals surface area contributed by atoms with Gasteiger partial charge in [0.05, 0.1) is 30.0 Å². The Bertz CT molecular complexity index is 471. The van der Waals surface area contributed by atoms with Crippen molar-refractivity contribution in [3.63, 3.8) is 0 Å². The molecule has 1 aromatic rings. The summed E-state index contributed by atoms with van der Waals surface area (Å²) in [6.45, 7) is 1.12. The molecule has 8 heteroatoms. The first-order chi connectivity index (χ1) is 8.86. The first kappa shape index (κ1) is 15.6. The Balaban J connectivity index is 2.83. The number of hydrogen-bond acceptors (Lipinski definition) is 3. The molecule has 0 saturated carbocycles. The number of pyridine rings is 1. The fourth-order valence-corrected chi connectivity index (χ4v) is 1.80. The summed E-state index contributed by atoms with van der Waals surface area (Å²) in [5.74, 6) is 0.386. The molecule has 0 spiro atoms. The molecule has 0 bridgehead atoms. The van der Waals surface area contributed by atoms with Crippen molar-refractivity contribution >= 4 is 27.6 Å². The van der Waals surface area contributed by atoms with Gasteiger partial charge in [0.25, 0.3) is 6.43 Å². The summed E-state index contributed by atoms with van der Waals surface area (Å²) in [5.41, 5.74) is 1.13. The Morgan fingerprint density at radius 3 is 2.79 bits per heavy atom. The van der Waals surface area contributed by atoms with Gasteiger partial charge in [0.1, 0.15) is 0 Å². The number of anilines is 1. The number of carbonyl (C=O) groups is 1. The van der Waals surface area contributed by atoms with Crippen LogP contribution in [0.25, 0.3) is 0 Å². The molecule has 0 unspecified atom stereocenters. The highest BCUT2D eigenvalue weighted by molar-refractivity contribution is 9.10. The maximum absolute atomic E-state index is 12.2. The van der Waals surface area contributed by atoms with E-state index in [4.69, 9.17) is 4.74 Å². The smallest absolute Gasteiger partial charge is 0.321 e. The third-order valence-corrected chi connectivity index (χ3v) is 3.36. The van der Waals surface area contributed by atoms with Crippen LogP contribution in [0.4, 0.5) is 19.3 Å². The van der Waals surface area contributed by atoms with Gasteiger partial charge in [-0.3, -0.25) is 0 Å². The molecule has 0 aliphatic rings. The molecule has 1 aromatic heterocycles. The number of amides is 2. The van der Waals surface area contributed by atoms with Crippen LogP contribution < -0.4 is 10.1 Å². The number of rotatable bonds is 4. The lowest BCUT2D eigenvalue weighted by Crippen LogP contribution is -2.35. The molecule has 0 atom stereocenters. The minimum atomic E-state index is -2.57. The van der Waals surface area contributed by atoms with Crippen LogP contribution in [0.5, 0.6) is 5.88 Å². The normalized spacial score (nSPS) is 10.5. The largest absolute Gasteiger partial charge is 0.480 e. The number of carbonyl (C=O) groups excluding carboxylic acids is 1. The second-order valence-corrected chi connectivity index (χ2v) is 4.61. The fourth-order valence-electron chi connectivity index (χ4n) is 1.32. The first-order valence-electron chi connectivity index (χ1n) is 5.36. The second-order valence-electron chi connectivity index (χ2n) is 3.82. The summed E-state index contributed by atoms with van der Waals surface area (Å²) in [4.78, 5) is 16.6. The highest BCUT2D eigenvalue weighted by Gasteiger charge is 2.16. The number of nitrogens with one attached hydrogen (secondary N) is 1. The monoisotopic (exact) mass is 337 g/mol. The van der Waals surface area contributed by atoms with Gasteiger partial charge < -0.3 is 15.0 Å². The van der Waals surface area contributed by atoms with Crippen molar-refractivity contribution in [2.24, 2.45) is 0 Å². The van der Waals surface area contributed by atoms with E-state index in [0.29, 0.717) is 21.6 Å². The quantitative estimate of drug-likeness (QED) is 0.919. The van der Waals surface area contributed by atoms with Crippen molar-refractivity contribution in [3.8, 4) is 5.88 Å². The van der Waals surface area contributed by atoms with Crippen LogP contribution in [-0.2, 0) is 0 Å². The van der Waals surface area contributed by atoms with Gasteiger partial charge in [-0.1, -0.05) is 0 Å². The molecule has 0 radical (unpaired) electrons. The molecule has 0 aliphatic heterocycles. The third kappa shape index (κ3) is 4.02. The zero-order chi connectivity index (χ0) is 14.6. The average molecular weight is 338 g/mol. The van der Waals surface area contributed by atoms with E-state index in [2.05, 4.69) is 26.2 Å². The molecule has 5 nitrogen and oxygen atoms in total. The fraction of sp³-hybridized carbons (Fsp3) is 0.455. The van der Waals surface area contributed by atoms with Crippen molar-refractivity contribution in [1.29, 1.82) is 0 Å². The number of nitrogens with zero attached hydrogens (tertiary/aromatic N) is 2. The van der Waals surface area contributed by atoms with Gasteiger partial charge in [0.15, 0.2) is 0 Å². The molecule has 2 amide bonds. The summed E-state index contributed by atoms with van der Waals surface area (Å²) >= 11 is 3.29. The minimum absolute atomic E-state index is 0.386. The first-order valence-corrected chi connectivity index (χ1v) is 6.15. The van der Waals surface area contributed by atoms with Gasteiger partial charge in [-0.25, -0.2) is 18.6 Å². The Labute approximate surface area is 118 Å². The van der Waals surface area contributed by atoms with Crippen LogP contribution in [0.3, 0.4) is 0 Å². The van der Waals surface area contributed by atoms with E-state index in [1.165, 1.54) is 20.4 Å². The molecule has 1 heterocycles. The molecular weight excluding hydrogens is 324 g/mol. The highest BCUT2D eigenvalue weighted by atomic mass is 79.9. The van der Waals surface area contributed by atoms with Crippen molar-refractivity contribution in [2.45, 2.75) is 13.3 Å². The lowest BCUT2D eigenvalue weighted by molar-refractivity contribution is 0.111. The summed E-state index contributed by atoms with van der Waals surface area (Å²) in [7, 11) is 2.77. The van der Waals surface area contributed by atoms with Crippen molar-refractivity contribution in [1.82, 2.24) is 9.88 Å². The average Bonchev–Trinajstić information content (AvgIpc) is 2.34. The van der Waals surface area contributed by atoms with Gasteiger partial charge in [0, 0.05) is 7.05 Å². The van der Waals surface area contributed by atoms with E-state index in [1.54, 1.807) is 6.92 Å². The molecule has 106 valence electrons. The summed E-state index contributed by atoms with van der Waals surface area (Å²) in [6, 6.07) is -0.623. The van der Waals surface area contributed by atoms with Gasteiger partial charge in [0.2, 0.25) is 5.88 Å². The van der Waals surface area contributed by atoms with E-state index < -0.39 is 19.0 Å². The van der Waals surface area contributed by atoms with Crippen LogP contribution >= 0.6 is 15.9 Å². The summed E-state index contributed by atoms with van der Waals surface area (Å²) in [5, 5.41) is 2.51. The number of halogens is 3. The SMILES string of the molecule is COc1ncc(NC(=O)N(C)CC(F)F)c(C)c1Br. The van der Waals surface area contributed by atoms with Gasteiger partial charge in [-0.15, -0.1) is 0 Å². The lowest BCUT2D eigenvalue weighted by Gasteiger charge is -2.18. The molecule has 1 N–H and O–H groups in total. The topological polar surface area (TPSA) is 54.5 Å². The zero-order valence-electron chi connectivity index (χ0n) is 10.7. The molecule has 0 aliphatic carbocycles. The van der Waals surface area contributed by atoms with E-state index in [9.17, 15) is 13.6 Å². The summed E-state index contributed by atoms with van der Waals surface area (Å²) < 4.78 is 29.9. The Hall–Kier alpha value is -1.44. The molecule has 0 saturated heterocycles. The van der Waals surface area contributed by atoms with Crippen molar-refractivity contribution in [3.05, 3.63) is 16.2 Å². The van der Waals surface area contributed by atoms with Crippen LogP contribution in [-0.4, -0.2) is 43.0 Å². The summed E-state index contributed by atoms with van der Waals surface area (Å²) in [6.07, 6.45) is -1.16. The highest BCUT2D eigenvalue weighted by Crippen LogP contribution is 2.30. The number of ether oxygens (including phenoxy) is 1. The number of alkyl halides is 2. The van der Waals surface area contributed by atoms with Gasteiger partial charge in [-0.05, 0) is 28.4 Å². The van der Waals surface area contributed by atoms with Crippen molar-refractivity contribution in [2.75, 3.05) is 26.0 Å². The van der Waals surface area contributed by atoms with E-state index in [1.807, 2.05) is 0 Å². The van der Waals surface area contributed by atoms with Gasteiger partial charge >= 0.3 is 6.03 Å². The van der Waals surface area contributed by atoms with Crippen LogP contribution in [0.1, 0.15) is 5.56 Å². The Morgan fingerprint density at radius 1 is 1.63 bits per heavy atom. The molecule has 19 heavy (non-hydrogen) atoms.